The van der Waals surface area contributed by atoms with Gasteiger partial charge in [0, 0.05) is 0 Å². The van der Waals surface area contributed by atoms with Gasteiger partial charge in [-0.3, -0.25) is 0 Å². The number of esters is 1. The van der Waals surface area contributed by atoms with Crippen LogP contribution in [0.25, 0.3) is 0 Å². The molecule has 0 bridgehead atoms. The summed E-state index contributed by atoms with van der Waals surface area (Å²) in [4.78, 5) is 11.7. The smallest absolute Gasteiger partial charge is 0.341 e. The summed E-state index contributed by atoms with van der Waals surface area (Å²) < 4.78 is 10.6. The number of hydrogen-bond acceptors (Lipinski definition) is 3. The minimum Gasteiger partial charge on any atom is -0.492 e. The second kappa shape index (κ2) is 6.29. The molecule has 0 heterocycles. The lowest BCUT2D eigenvalue weighted by Crippen LogP contribution is -2.27. The molecule has 0 fully saturated rings. The fraction of sp³-hybridized carbons (Fsp3) is 0.588. The van der Waals surface area contributed by atoms with Gasteiger partial charge in [-0.05, 0) is 29.4 Å². The minimum absolute atomic E-state index is 0.0431. The second-order valence-corrected chi connectivity index (χ2v) is 7.18. The Morgan fingerprint density at radius 2 is 1.70 bits per heavy atom. The molecular formula is C17H26O3. The molecule has 0 saturated carbocycles. The van der Waals surface area contributed by atoms with Gasteiger partial charge in [0.15, 0.2) is 0 Å². The van der Waals surface area contributed by atoms with Crippen LogP contribution in [0.2, 0.25) is 0 Å². The van der Waals surface area contributed by atoms with Gasteiger partial charge < -0.3 is 9.47 Å². The van der Waals surface area contributed by atoms with E-state index in [0.29, 0.717) is 17.9 Å². The average molecular weight is 278 g/mol. The Morgan fingerprint density at radius 3 is 2.25 bits per heavy atom. The summed E-state index contributed by atoms with van der Waals surface area (Å²) in [6.07, 6.45) is 1.04. The number of benzene rings is 1. The standard InChI is InChI=1S/C17H26O3/c1-16(2,3)11-17(4,5)12-20-14-10-8-7-9-13(14)15(18)19-6/h7-10H,11-12H2,1-6H3. The van der Waals surface area contributed by atoms with Gasteiger partial charge in [-0.1, -0.05) is 46.8 Å². The van der Waals surface area contributed by atoms with Crippen molar-refractivity contribution in [3.05, 3.63) is 29.8 Å². The van der Waals surface area contributed by atoms with Crippen molar-refractivity contribution in [1.29, 1.82) is 0 Å². The number of hydrogen-bond donors (Lipinski definition) is 0. The zero-order valence-corrected chi connectivity index (χ0v) is 13.4. The van der Waals surface area contributed by atoms with Crippen molar-refractivity contribution in [1.82, 2.24) is 0 Å². The van der Waals surface area contributed by atoms with Crippen LogP contribution in [0.1, 0.15) is 51.4 Å². The molecule has 1 rings (SSSR count). The topological polar surface area (TPSA) is 35.5 Å². The largest absolute Gasteiger partial charge is 0.492 e. The summed E-state index contributed by atoms with van der Waals surface area (Å²) in [5.41, 5.74) is 0.762. The van der Waals surface area contributed by atoms with E-state index in [2.05, 4.69) is 34.6 Å². The van der Waals surface area contributed by atoms with Gasteiger partial charge in [0.25, 0.3) is 0 Å². The highest BCUT2D eigenvalue weighted by Gasteiger charge is 2.26. The van der Waals surface area contributed by atoms with Gasteiger partial charge >= 0.3 is 5.97 Å². The average Bonchev–Trinajstić information content (AvgIpc) is 2.33. The van der Waals surface area contributed by atoms with Crippen LogP contribution in [-0.4, -0.2) is 19.7 Å². The molecule has 0 aliphatic heterocycles. The third kappa shape index (κ3) is 5.24. The predicted octanol–water partition coefficient (Wildman–Crippen LogP) is 4.31. The molecule has 0 aromatic heterocycles. The highest BCUT2D eigenvalue weighted by Crippen LogP contribution is 2.34. The third-order valence-electron chi connectivity index (χ3n) is 2.92. The first-order valence-corrected chi connectivity index (χ1v) is 6.95. The third-order valence-corrected chi connectivity index (χ3v) is 2.92. The maximum Gasteiger partial charge on any atom is 0.341 e. The van der Waals surface area contributed by atoms with Crippen LogP contribution in [0.3, 0.4) is 0 Å². The normalized spacial score (nSPS) is 12.1. The molecule has 0 spiro atoms. The molecule has 20 heavy (non-hydrogen) atoms. The van der Waals surface area contributed by atoms with Crippen LogP contribution in [0.5, 0.6) is 5.75 Å². The van der Waals surface area contributed by atoms with E-state index in [9.17, 15) is 4.79 Å². The molecule has 0 unspecified atom stereocenters. The zero-order valence-electron chi connectivity index (χ0n) is 13.4. The van der Waals surface area contributed by atoms with E-state index in [4.69, 9.17) is 9.47 Å². The number of para-hydroxylation sites is 1. The molecule has 0 aliphatic carbocycles. The Labute approximate surface area is 122 Å². The Bertz CT molecular complexity index is 456. The van der Waals surface area contributed by atoms with Gasteiger partial charge in [-0.15, -0.1) is 0 Å². The Balaban J connectivity index is 2.77. The van der Waals surface area contributed by atoms with Gasteiger partial charge in [0.2, 0.25) is 0 Å². The van der Waals surface area contributed by atoms with Crippen molar-refractivity contribution in [3.8, 4) is 5.75 Å². The first-order valence-electron chi connectivity index (χ1n) is 6.95. The number of ether oxygens (including phenoxy) is 2. The Kier molecular flexibility index (Phi) is 5.21. The number of rotatable bonds is 5. The van der Waals surface area contributed by atoms with E-state index in [1.807, 2.05) is 6.07 Å². The van der Waals surface area contributed by atoms with Gasteiger partial charge in [0.1, 0.15) is 11.3 Å². The SMILES string of the molecule is COC(=O)c1ccccc1OCC(C)(C)CC(C)(C)C. The van der Waals surface area contributed by atoms with E-state index in [1.54, 1.807) is 18.2 Å². The lowest BCUT2D eigenvalue weighted by molar-refractivity contribution is 0.0590. The molecular weight excluding hydrogens is 252 g/mol. The maximum absolute atomic E-state index is 11.7. The first kappa shape index (κ1) is 16.5. The van der Waals surface area contributed by atoms with E-state index in [-0.39, 0.29) is 16.8 Å². The molecule has 0 aliphatic rings. The summed E-state index contributed by atoms with van der Waals surface area (Å²) in [5, 5.41) is 0. The van der Waals surface area contributed by atoms with E-state index in [0.717, 1.165) is 6.42 Å². The summed E-state index contributed by atoms with van der Waals surface area (Å²) >= 11 is 0. The first-order chi connectivity index (χ1) is 9.14. The Morgan fingerprint density at radius 1 is 1.10 bits per heavy atom. The van der Waals surface area contributed by atoms with E-state index >= 15 is 0 Å². The van der Waals surface area contributed by atoms with Crippen LogP contribution >= 0.6 is 0 Å². The van der Waals surface area contributed by atoms with E-state index < -0.39 is 0 Å². The molecule has 0 amide bonds. The summed E-state index contributed by atoms with van der Waals surface area (Å²) in [7, 11) is 1.38. The van der Waals surface area contributed by atoms with Crippen molar-refractivity contribution in [2.75, 3.05) is 13.7 Å². The second-order valence-electron chi connectivity index (χ2n) is 7.18. The minimum atomic E-state index is -0.366. The molecule has 1 aromatic rings. The summed E-state index contributed by atoms with van der Waals surface area (Å²) in [6, 6.07) is 7.19. The lowest BCUT2D eigenvalue weighted by Gasteiger charge is -2.32. The molecule has 112 valence electrons. The maximum atomic E-state index is 11.7. The van der Waals surface area contributed by atoms with Crippen LogP contribution < -0.4 is 4.74 Å². The van der Waals surface area contributed by atoms with Crippen LogP contribution in [0.15, 0.2) is 24.3 Å². The Hall–Kier alpha value is -1.51. The highest BCUT2D eigenvalue weighted by atomic mass is 16.5. The molecule has 0 saturated heterocycles. The highest BCUT2D eigenvalue weighted by molar-refractivity contribution is 5.92. The van der Waals surface area contributed by atoms with Crippen molar-refractivity contribution in [2.45, 2.75) is 41.0 Å². The van der Waals surface area contributed by atoms with Crippen molar-refractivity contribution < 1.29 is 14.3 Å². The quantitative estimate of drug-likeness (QED) is 0.753. The van der Waals surface area contributed by atoms with Crippen molar-refractivity contribution in [2.24, 2.45) is 10.8 Å². The van der Waals surface area contributed by atoms with Gasteiger partial charge in [-0.25, -0.2) is 4.79 Å². The van der Waals surface area contributed by atoms with Crippen LogP contribution in [0, 0.1) is 10.8 Å². The fourth-order valence-electron chi connectivity index (χ4n) is 2.63. The van der Waals surface area contributed by atoms with Crippen molar-refractivity contribution >= 4 is 5.97 Å². The molecule has 1 aromatic carbocycles. The fourth-order valence-corrected chi connectivity index (χ4v) is 2.63. The monoisotopic (exact) mass is 278 g/mol. The molecule has 3 heteroatoms. The van der Waals surface area contributed by atoms with E-state index in [1.165, 1.54) is 7.11 Å². The van der Waals surface area contributed by atoms with Gasteiger partial charge in [0.05, 0.1) is 13.7 Å². The molecule has 0 atom stereocenters. The van der Waals surface area contributed by atoms with Crippen molar-refractivity contribution in [3.63, 3.8) is 0 Å². The number of carbonyl (C=O) groups excluding carboxylic acids is 1. The van der Waals surface area contributed by atoms with Gasteiger partial charge in [-0.2, -0.15) is 0 Å². The predicted molar refractivity (Wildman–Crippen MR) is 81.1 cm³/mol. The van der Waals surface area contributed by atoms with Crippen LogP contribution in [-0.2, 0) is 4.74 Å². The number of carbonyl (C=O) groups is 1. The summed E-state index contributed by atoms with van der Waals surface area (Å²) in [5.74, 6) is 0.218. The molecule has 3 nitrogen and oxygen atoms in total. The number of methoxy groups -OCH3 is 1. The zero-order chi connectivity index (χ0) is 15.4. The molecule has 0 radical (unpaired) electrons. The molecule has 0 N–H and O–H groups in total. The van der Waals surface area contributed by atoms with Crippen LogP contribution in [0.4, 0.5) is 0 Å². The summed E-state index contributed by atoms with van der Waals surface area (Å²) in [6.45, 7) is 11.6. The lowest BCUT2D eigenvalue weighted by atomic mass is 9.77.